The van der Waals surface area contributed by atoms with E-state index in [4.69, 9.17) is 0 Å². The topological polar surface area (TPSA) is 28.2 Å². The molecule has 0 spiro atoms. The van der Waals surface area contributed by atoms with Gasteiger partial charge in [-0.15, -0.1) is 0 Å². The monoisotopic (exact) mass is 253 g/mol. The summed E-state index contributed by atoms with van der Waals surface area (Å²) in [5.41, 5.74) is 3.98. The second kappa shape index (κ2) is 5.02. The lowest BCUT2D eigenvalue weighted by Crippen LogP contribution is -2.17. The van der Waals surface area contributed by atoms with Crippen LogP contribution in [0.15, 0.2) is 42.6 Å². The first-order chi connectivity index (χ1) is 9.29. The van der Waals surface area contributed by atoms with E-state index >= 15 is 0 Å². The van der Waals surface area contributed by atoms with Crippen LogP contribution < -0.4 is 10.2 Å². The fourth-order valence-electron chi connectivity index (χ4n) is 2.59. The number of aromatic nitrogens is 1. The van der Waals surface area contributed by atoms with Crippen molar-refractivity contribution in [2.75, 3.05) is 18.5 Å². The van der Waals surface area contributed by atoms with Crippen LogP contribution in [-0.2, 0) is 6.42 Å². The van der Waals surface area contributed by atoms with E-state index in [0.29, 0.717) is 6.04 Å². The van der Waals surface area contributed by atoms with Crippen LogP contribution in [0.3, 0.4) is 0 Å². The maximum atomic E-state index is 4.54. The van der Waals surface area contributed by atoms with E-state index in [0.717, 1.165) is 18.8 Å². The first-order valence-electron chi connectivity index (χ1n) is 6.78. The molecule has 3 rings (SSSR count). The van der Waals surface area contributed by atoms with E-state index in [1.807, 2.05) is 13.2 Å². The largest absolute Gasteiger partial charge is 0.326 e. The zero-order chi connectivity index (χ0) is 13.2. The zero-order valence-electron chi connectivity index (χ0n) is 11.4. The molecule has 19 heavy (non-hydrogen) atoms. The van der Waals surface area contributed by atoms with Crippen LogP contribution in [0.2, 0.25) is 0 Å². The minimum absolute atomic E-state index is 0.347. The highest BCUT2D eigenvalue weighted by molar-refractivity contribution is 5.67. The summed E-state index contributed by atoms with van der Waals surface area (Å²) in [6.07, 6.45) is 3.00. The normalized spacial score (nSPS) is 15.4. The van der Waals surface area contributed by atoms with Crippen LogP contribution in [0.4, 0.5) is 11.5 Å². The smallest absolute Gasteiger partial charge is 0.133 e. The maximum Gasteiger partial charge on any atom is 0.133 e. The van der Waals surface area contributed by atoms with Crippen molar-refractivity contribution in [3.05, 3.63) is 53.7 Å². The van der Waals surface area contributed by atoms with Gasteiger partial charge >= 0.3 is 0 Å². The van der Waals surface area contributed by atoms with Crippen molar-refractivity contribution in [2.45, 2.75) is 19.4 Å². The fraction of sp³-hybridized carbons (Fsp3) is 0.312. The molecule has 2 heterocycles. The van der Waals surface area contributed by atoms with Gasteiger partial charge in [-0.3, -0.25) is 0 Å². The Kier molecular flexibility index (Phi) is 3.22. The molecule has 0 aliphatic carbocycles. The molecule has 0 bridgehead atoms. The molecule has 98 valence electrons. The minimum atomic E-state index is 0.347. The Morgan fingerprint density at radius 2 is 2.11 bits per heavy atom. The number of benzene rings is 1. The fourth-order valence-corrected chi connectivity index (χ4v) is 2.59. The molecule has 0 saturated heterocycles. The van der Waals surface area contributed by atoms with Gasteiger partial charge in [-0.25, -0.2) is 4.98 Å². The number of hydrogen-bond acceptors (Lipinski definition) is 3. The highest BCUT2D eigenvalue weighted by atomic mass is 15.2. The summed E-state index contributed by atoms with van der Waals surface area (Å²) >= 11 is 0. The van der Waals surface area contributed by atoms with E-state index in [1.165, 1.54) is 16.8 Å². The molecular formula is C16H19N3. The average Bonchev–Trinajstić information content (AvgIpc) is 2.90. The lowest BCUT2D eigenvalue weighted by molar-refractivity contribution is 0.651. The van der Waals surface area contributed by atoms with E-state index in [9.17, 15) is 0 Å². The van der Waals surface area contributed by atoms with Gasteiger partial charge in [-0.2, -0.15) is 0 Å². The average molecular weight is 253 g/mol. The number of para-hydroxylation sites is 1. The Balaban J connectivity index is 1.96. The standard InChI is InChI=1S/C16H19N3/c1-12(17-2)14-7-9-18-16(11-14)19-10-8-13-5-3-4-6-15(13)19/h3-7,9,11-12,17H,8,10H2,1-2H3. The number of nitrogens with one attached hydrogen (secondary N) is 1. The van der Waals surface area contributed by atoms with Gasteiger partial charge in [0.1, 0.15) is 5.82 Å². The predicted molar refractivity (Wildman–Crippen MR) is 78.9 cm³/mol. The molecule has 3 heteroatoms. The molecular weight excluding hydrogens is 234 g/mol. The van der Waals surface area contributed by atoms with Gasteiger partial charge in [0.05, 0.1) is 0 Å². The molecule has 1 aromatic carbocycles. The number of nitrogens with zero attached hydrogens (tertiary/aromatic N) is 2. The van der Waals surface area contributed by atoms with Crippen LogP contribution in [-0.4, -0.2) is 18.6 Å². The third-order valence-electron chi connectivity index (χ3n) is 3.87. The number of fused-ring (bicyclic) bond motifs is 1. The highest BCUT2D eigenvalue weighted by Crippen LogP contribution is 2.33. The van der Waals surface area contributed by atoms with Crippen LogP contribution >= 0.6 is 0 Å². The number of hydrogen-bond donors (Lipinski definition) is 1. The lowest BCUT2D eigenvalue weighted by atomic mass is 10.1. The summed E-state index contributed by atoms with van der Waals surface area (Å²) < 4.78 is 0. The number of anilines is 2. The molecule has 1 aliphatic rings. The quantitative estimate of drug-likeness (QED) is 0.911. The molecule has 0 saturated carbocycles. The van der Waals surface area contributed by atoms with Crippen molar-refractivity contribution < 1.29 is 0 Å². The Labute approximate surface area is 114 Å². The molecule has 0 fully saturated rings. The lowest BCUT2D eigenvalue weighted by Gasteiger charge is -2.20. The van der Waals surface area contributed by atoms with Crippen molar-refractivity contribution in [1.82, 2.24) is 10.3 Å². The van der Waals surface area contributed by atoms with Crippen molar-refractivity contribution >= 4 is 11.5 Å². The van der Waals surface area contributed by atoms with Crippen LogP contribution in [0, 0.1) is 0 Å². The molecule has 1 atom stereocenters. The highest BCUT2D eigenvalue weighted by Gasteiger charge is 2.21. The van der Waals surface area contributed by atoms with Crippen LogP contribution in [0.5, 0.6) is 0 Å². The molecule has 1 N–H and O–H groups in total. The van der Waals surface area contributed by atoms with Gasteiger partial charge in [0.25, 0.3) is 0 Å². The zero-order valence-corrected chi connectivity index (χ0v) is 11.4. The van der Waals surface area contributed by atoms with E-state index in [1.54, 1.807) is 0 Å². The van der Waals surface area contributed by atoms with Crippen molar-refractivity contribution in [3.8, 4) is 0 Å². The summed E-state index contributed by atoms with van der Waals surface area (Å²) in [5, 5.41) is 3.27. The van der Waals surface area contributed by atoms with Crippen LogP contribution in [0.25, 0.3) is 0 Å². The first kappa shape index (κ1) is 12.2. The summed E-state index contributed by atoms with van der Waals surface area (Å²) in [6, 6.07) is 13.2. The Hall–Kier alpha value is -1.87. The molecule has 1 aromatic heterocycles. The van der Waals surface area contributed by atoms with Crippen molar-refractivity contribution in [3.63, 3.8) is 0 Å². The van der Waals surface area contributed by atoms with Gasteiger partial charge in [0, 0.05) is 24.5 Å². The Bertz CT molecular complexity index is 580. The predicted octanol–water partition coefficient (Wildman–Crippen LogP) is 3.06. The maximum absolute atomic E-state index is 4.54. The second-order valence-corrected chi connectivity index (χ2v) is 4.99. The van der Waals surface area contributed by atoms with E-state index in [-0.39, 0.29) is 0 Å². The summed E-state index contributed by atoms with van der Waals surface area (Å²) in [4.78, 5) is 6.84. The van der Waals surface area contributed by atoms with Crippen LogP contribution in [0.1, 0.15) is 24.1 Å². The molecule has 2 aromatic rings. The minimum Gasteiger partial charge on any atom is -0.326 e. The van der Waals surface area contributed by atoms with Gasteiger partial charge in [-0.05, 0) is 49.7 Å². The van der Waals surface area contributed by atoms with E-state index in [2.05, 4.69) is 58.5 Å². The summed E-state index contributed by atoms with van der Waals surface area (Å²) in [7, 11) is 1.98. The third-order valence-corrected chi connectivity index (χ3v) is 3.87. The molecule has 3 nitrogen and oxygen atoms in total. The molecule has 0 radical (unpaired) electrons. The van der Waals surface area contributed by atoms with Gasteiger partial charge in [0.15, 0.2) is 0 Å². The molecule has 1 unspecified atom stereocenters. The summed E-state index contributed by atoms with van der Waals surface area (Å²) in [6.45, 7) is 3.18. The Morgan fingerprint density at radius 1 is 1.26 bits per heavy atom. The van der Waals surface area contributed by atoms with Gasteiger partial charge in [0.2, 0.25) is 0 Å². The third kappa shape index (κ3) is 2.22. The Morgan fingerprint density at radius 3 is 2.95 bits per heavy atom. The van der Waals surface area contributed by atoms with E-state index < -0.39 is 0 Å². The van der Waals surface area contributed by atoms with Crippen molar-refractivity contribution in [1.29, 1.82) is 0 Å². The number of rotatable bonds is 3. The molecule has 1 aliphatic heterocycles. The van der Waals surface area contributed by atoms with Gasteiger partial charge < -0.3 is 10.2 Å². The van der Waals surface area contributed by atoms with Crippen molar-refractivity contribution in [2.24, 2.45) is 0 Å². The second-order valence-electron chi connectivity index (χ2n) is 4.99. The molecule has 0 amide bonds. The first-order valence-corrected chi connectivity index (χ1v) is 6.78. The SMILES string of the molecule is CNC(C)c1ccnc(N2CCc3ccccc32)c1. The summed E-state index contributed by atoms with van der Waals surface area (Å²) in [5.74, 6) is 1.05. The van der Waals surface area contributed by atoms with Gasteiger partial charge in [-0.1, -0.05) is 18.2 Å². The number of pyridine rings is 1.